The van der Waals surface area contributed by atoms with Crippen molar-refractivity contribution in [3.63, 3.8) is 0 Å². The largest absolute Gasteiger partial charge is 0.469 e. The maximum atomic E-state index is 8.73. The number of furan rings is 1. The Kier molecular flexibility index (Phi) is 14.4. The number of aliphatic imine (C=N–C) groups is 1. The van der Waals surface area contributed by atoms with Crippen LogP contribution in [0.25, 0.3) is 0 Å². The number of halogens is 1. The lowest BCUT2D eigenvalue weighted by molar-refractivity contribution is 0.0377. The Bertz CT molecular complexity index is 482. The van der Waals surface area contributed by atoms with Crippen LogP contribution in [0.15, 0.2) is 27.8 Å². The smallest absolute Gasteiger partial charge is 0.191 e. The van der Waals surface area contributed by atoms with Crippen LogP contribution in [-0.4, -0.2) is 88.3 Å². The van der Waals surface area contributed by atoms with E-state index in [0.29, 0.717) is 19.8 Å². The third kappa shape index (κ3) is 11.5. The quantitative estimate of drug-likeness (QED) is 0.170. The SMILES string of the molecule is I.OCCOCCNC(=NCCCN1CCOCC1)NCCc1ccco1. The molecule has 1 aliphatic heterocycles. The van der Waals surface area contributed by atoms with Crippen molar-refractivity contribution in [2.75, 3.05) is 72.3 Å². The summed E-state index contributed by atoms with van der Waals surface area (Å²) in [6.45, 7) is 7.84. The molecule has 0 radical (unpaired) electrons. The molecule has 0 amide bonds. The molecule has 1 fully saturated rings. The molecule has 0 aromatic carbocycles. The van der Waals surface area contributed by atoms with E-state index in [0.717, 1.165) is 70.5 Å². The average Bonchev–Trinajstić information content (AvgIpc) is 3.19. The topological polar surface area (TPSA) is 91.5 Å². The molecule has 1 aliphatic rings. The Morgan fingerprint density at radius 2 is 2.04 bits per heavy atom. The van der Waals surface area contributed by atoms with Crippen LogP contribution >= 0.6 is 24.0 Å². The summed E-state index contributed by atoms with van der Waals surface area (Å²) in [6, 6.07) is 3.86. The molecule has 8 nitrogen and oxygen atoms in total. The predicted molar refractivity (Wildman–Crippen MR) is 116 cm³/mol. The molecule has 1 aromatic rings. The van der Waals surface area contributed by atoms with Gasteiger partial charge < -0.3 is 29.6 Å². The molecule has 0 aliphatic carbocycles. The Morgan fingerprint density at radius 1 is 1.22 bits per heavy atom. The molecular weight excluding hydrogens is 463 g/mol. The zero-order valence-electron chi connectivity index (χ0n) is 15.9. The summed E-state index contributed by atoms with van der Waals surface area (Å²) in [7, 11) is 0. The van der Waals surface area contributed by atoms with E-state index in [9.17, 15) is 0 Å². The Labute approximate surface area is 178 Å². The van der Waals surface area contributed by atoms with Crippen LogP contribution in [0.3, 0.4) is 0 Å². The molecule has 0 spiro atoms. The third-order valence-electron chi connectivity index (χ3n) is 4.02. The second-order valence-corrected chi connectivity index (χ2v) is 6.06. The summed E-state index contributed by atoms with van der Waals surface area (Å²) < 4.78 is 16.0. The fourth-order valence-corrected chi connectivity index (χ4v) is 2.65. The number of morpholine rings is 1. The van der Waals surface area contributed by atoms with Gasteiger partial charge in [0, 0.05) is 45.7 Å². The second-order valence-electron chi connectivity index (χ2n) is 6.06. The molecule has 1 saturated heterocycles. The van der Waals surface area contributed by atoms with Crippen LogP contribution in [-0.2, 0) is 15.9 Å². The summed E-state index contributed by atoms with van der Waals surface area (Å²) >= 11 is 0. The lowest BCUT2D eigenvalue weighted by Gasteiger charge is -2.26. The lowest BCUT2D eigenvalue weighted by atomic mass is 10.3. The van der Waals surface area contributed by atoms with E-state index in [1.54, 1.807) is 6.26 Å². The van der Waals surface area contributed by atoms with Gasteiger partial charge in [-0.1, -0.05) is 0 Å². The minimum Gasteiger partial charge on any atom is -0.469 e. The second kappa shape index (κ2) is 16.1. The van der Waals surface area contributed by atoms with Crippen molar-refractivity contribution < 1.29 is 19.0 Å². The van der Waals surface area contributed by atoms with E-state index in [1.807, 2.05) is 12.1 Å². The van der Waals surface area contributed by atoms with Crippen molar-refractivity contribution >= 4 is 29.9 Å². The fraction of sp³-hybridized carbons (Fsp3) is 0.722. The highest BCUT2D eigenvalue weighted by molar-refractivity contribution is 14.0. The number of guanidine groups is 1. The van der Waals surface area contributed by atoms with Crippen LogP contribution in [0.2, 0.25) is 0 Å². The number of ether oxygens (including phenoxy) is 2. The fourth-order valence-electron chi connectivity index (χ4n) is 2.65. The molecule has 0 saturated carbocycles. The van der Waals surface area contributed by atoms with Gasteiger partial charge in [-0.25, -0.2) is 0 Å². The number of hydrogen-bond acceptors (Lipinski definition) is 6. The normalized spacial score (nSPS) is 15.4. The van der Waals surface area contributed by atoms with E-state index >= 15 is 0 Å². The zero-order chi connectivity index (χ0) is 18.3. The van der Waals surface area contributed by atoms with Crippen LogP contribution in [0.4, 0.5) is 0 Å². The van der Waals surface area contributed by atoms with Gasteiger partial charge in [-0.05, 0) is 18.6 Å². The minimum atomic E-state index is 0. The highest BCUT2D eigenvalue weighted by Crippen LogP contribution is 2.00. The van der Waals surface area contributed by atoms with Gasteiger partial charge in [0.05, 0.1) is 39.3 Å². The van der Waals surface area contributed by atoms with Crippen LogP contribution in [0.1, 0.15) is 12.2 Å². The van der Waals surface area contributed by atoms with Gasteiger partial charge in [0.15, 0.2) is 5.96 Å². The number of hydrogen-bond donors (Lipinski definition) is 3. The molecule has 3 N–H and O–H groups in total. The summed E-state index contributed by atoms with van der Waals surface area (Å²) in [6.07, 6.45) is 3.52. The molecule has 9 heteroatoms. The predicted octanol–water partition coefficient (Wildman–Crippen LogP) is 0.707. The summed E-state index contributed by atoms with van der Waals surface area (Å²) in [4.78, 5) is 7.06. The number of nitrogens with zero attached hydrogens (tertiary/aromatic N) is 2. The first kappa shape index (κ1) is 24.2. The van der Waals surface area contributed by atoms with Gasteiger partial charge in [0.25, 0.3) is 0 Å². The van der Waals surface area contributed by atoms with Crippen LogP contribution < -0.4 is 10.6 Å². The first-order valence-electron chi connectivity index (χ1n) is 9.42. The van der Waals surface area contributed by atoms with Gasteiger partial charge in [-0.3, -0.25) is 9.89 Å². The highest BCUT2D eigenvalue weighted by Gasteiger charge is 2.09. The molecule has 1 aromatic heterocycles. The molecule has 156 valence electrons. The van der Waals surface area contributed by atoms with Crippen molar-refractivity contribution in [2.24, 2.45) is 4.99 Å². The van der Waals surface area contributed by atoms with Gasteiger partial charge in [-0.15, -0.1) is 24.0 Å². The first-order valence-corrected chi connectivity index (χ1v) is 9.42. The standard InChI is InChI=1S/C18H32N4O4.HI/c23-11-16-24-13-7-21-18(20-6-4-17-3-1-12-26-17)19-5-2-8-22-9-14-25-15-10-22;/h1,3,12,23H,2,4-11,13-16H2,(H2,19,20,21);1H. The van der Waals surface area contributed by atoms with Crippen LogP contribution in [0, 0.1) is 0 Å². The van der Waals surface area contributed by atoms with E-state index in [-0.39, 0.29) is 30.6 Å². The molecule has 0 atom stereocenters. The number of nitrogens with one attached hydrogen (secondary N) is 2. The summed E-state index contributed by atoms with van der Waals surface area (Å²) in [5.74, 6) is 1.74. The van der Waals surface area contributed by atoms with E-state index in [4.69, 9.17) is 19.0 Å². The maximum absolute atomic E-state index is 8.73. The van der Waals surface area contributed by atoms with Gasteiger partial charge in [0.2, 0.25) is 0 Å². The average molecular weight is 496 g/mol. The van der Waals surface area contributed by atoms with Crippen molar-refractivity contribution in [3.8, 4) is 0 Å². The van der Waals surface area contributed by atoms with Crippen molar-refractivity contribution in [1.29, 1.82) is 0 Å². The lowest BCUT2D eigenvalue weighted by Crippen LogP contribution is -2.40. The monoisotopic (exact) mass is 496 g/mol. The Hall–Kier alpha value is -0.880. The van der Waals surface area contributed by atoms with Crippen LogP contribution in [0.5, 0.6) is 0 Å². The van der Waals surface area contributed by atoms with E-state index < -0.39 is 0 Å². The molecule has 0 unspecified atom stereocenters. The molecule has 2 heterocycles. The number of rotatable bonds is 12. The maximum Gasteiger partial charge on any atom is 0.191 e. The van der Waals surface area contributed by atoms with E-state index in [1.165, 1.54) is 0 Å². The Balaban J connectivity index is 0.00000364. The molecular formula is C18H33IN4O4. The van der Waals surface area contributed by atoms with Crippen molar-refractivity contribution in [2.45, 2.75) is 12.8 Å². The van der Waals surface area contributed by atoms with Gasteiger partial charge >= 0.3 is 0 Å². The summed E-state index contributed by atoms with van der Waals surface area (Å²) in [5.41, 5.74) is 0. The van der Waals surface area contributed by atoms with Crippen molar-refractivity contribution in [3.05, 3.63) is 24.2 Å². The number of aliphatic hydroxyl groups is 1. The van der Waals surface area contributed by atoms with Crippen molar-refractivity contribution in [1.82, 2.24) is 15.5 Å². The Morgan fingerprint density at radius 3 is 2.78 bits per heavy atom. The molecule has 0 bridgehead atoms. The molecule has 2 rings (SSSR count). The first-order chi connectivity index (χ1) is 12.9. The zero-order valence-corrected chi connectivity index (χ0v) is 18.2. The third-order valence-corrected chi connectivity index (χ3v) is 4.02. The minimum absolute atomic E-state index is 0. The highest BCUT2D eigenvalue weighted by atomic mass is 127. The number of aliphatic hydroxyl groups excluding tert-OH is 1. The van der Waals surface area contributed by atoms with Gasteiger partial charge in [0.1, 0.15) is 5.76 Å². The van der Waals surface area contributed by atoms with E-state index in [2.05, 4.69) is 20.5 Å². The summed E-state index contributed by atoms with van der Waals surface area (Å²) in [5, 5.41) is 15.3. The molecule has 27 heavy (non-hydrogen) atoms. The van der Waals surface area contributed by atoms with Gasteiger partial charge in [-0.2, -0.15) is 0 Å².